The van der Waals surface area contributed by atoms with E-state index in [0.29, 0.717) is 17.7 Å². The van der Waals surface area contributed by atoms with Gasteiger partial charge in [-0.1, -0.05) is 12.1 Å². The number of imidazole rings is 1. The normalized spacial score (nSPS) is 16.1. The molecule has 0 unspecified atom stereocenters. The van der Waals surface area contributed by atoms with Crippen LogP contribution >= 0.6 is 0 Å². The van der Waals surface area contributed by atoms with Crippen molar-refractivity contribution in [2.75, 3.05) is 44.7 Å². The topological polar surface area (TPSA) is 97.8 Å². The van der Waals surface area contributed by atoms with E-state index in [1.54, 1.807) is 18.7 Å². The molecule has 1 aliphatic rings. The molecule has 31 heavy (non-hydrogen) atoms. The van der Waals surface area contributed by atoms with Crippen molar-refractivity contribution in [1.29, 1.82) is 0 Å². The summed E-state index contributed by atoms with van der Waals surface area (Å²) >= 11 is 0. The Morgan fingerprint density at radius 3 is 2.48 bits per heavy atom. The molecule has 3 aromatic rings. The Morgan fingerprint density at radius 1 is 1.06 bits per heavy atom. The van der Waals surface area contributed by atoms with Gasteiger partial charge in [-0.2, -0.15) is 0 Å². The number of para-hydroxylation sites is 2. The first-order valence-electron chi connectivity index (χ1n) is 10.3. The summed E-state index contributed by atoms with van der Waals surface area (Å²) in [6.07, 6.45) is 0.839. The van der Waals surface area contributed by atoms with Gasteiger partial charge in [-0.15, -0.1) is 0 Å². The van der Waals surface area contributed by atoms with Crippen LogP contribution in [0.3, 0.4) is 0 Å². The van der Waals surface area contributed by atoms with Crippen molar-refractivity contribution in [2.45, 2.75) is 12.6 Å². The summed E-state index contributed by atoms with van der Waals surface area (Å²) in [5.74, 6) is 0.860. The van der Waals surface area contributed by atoms with E-state index in [-0.39, 0.29) is 6.54 Å². The molecule has 1 fully saturated rings. The molecule has 1 aliphatic heterocycles. The van der Waals surface area contributed by atoms with Crippen LogP contribution in [0.5, 0.6) is 5.75 Å². The molecule has 1 atom stereocenters. The van der Waals surface area contributed by atoms with Crippen LogP contribution in [-0.4, -0.2) is 74.6 Å². The van der Waals surface area contributed by atoms with Gasteiger partial charge in [-0.05, 0) is 12.1 Å². The smallest absolute Gasteiger partial charge is 0.332 e. The number of aliphatic hydroxyl groups excluding tert-OH is 1. The molecule has 0 bridgehead atoms. The molecular weight excluding hydrogens is 400 g/mol. The maximum atomic E-state index is 12.6. The summed E-state index contributed by atoms with van der Waals surface area (Å²) < 4.78 is 9.50. The molecule has 0 aliphatic carbocycles. The summed E-state index contributed by atoms with van der Waals surface area (Å²) in [7, 11) is 4.70. The number of nitrogens with zero attached hydrogens (tertiary/aromatic N) is 6. The number of anilines is 1. The second kappa shape index (κ2) is 8.56. The van der Waals surface area contributed by atoms with Crippen LogP contribution in [0.1, 0.15) is 0 Å². The van der Waals surface area contributed by atoms with Crippen molar-refractivity contribution in [3.63, 3.8) is 0 Å². The monoisotopic (exact) mass is 428 g/mol. The Hall–Kier alpha value is -3.11. The minimum absolute atomic E-state index is 0.233. The van der Waals surface area contributed by atoms with E-state index < -0.39 is 17.4 Å². The first kappa shape index (κ1) is 21.1. The zero-order valence-electron chi connectivity index (χ0n) is 18.1. The molecule has 2 aromatic heterocycles. The van der Waals surface area contributed by atoms with E-state index in [4.69, 9.17) is 4.74 Å². The minimum Gasteiger partial charge on any atom is -0.495 e. The third-order valence-electron chi connectivity index (χ3n) is 5.89. The number of methoxy groups -OCH3 is 1. The fraction of sp³-hybridized carbons (Fsp3) is 0.476. The number of benzene rings is 1. The summed E-state index contributed by atoms with van der Waals surface area (Å²) in [6.45, 7) is 4.03. The number of hydrogen-bond donors (Lipinski definition) is 1. The number of ether oxygens (including phenoxy) is 1. The number of rotatable bonds is 6. The van der Waals surface area contributed by atoms with E-state index >= 15 is 0 Å². The number of aromatic nitrogens is 4. The second-order valence-corrected chi connectivity index (χ2v) is 7.89. The van der Waals surface area contributed by atoms with Gasteiger partial charge < -0.3 is 19.3 Å². The SMILES string of the molecule is COc1ccccc1N1CCN(C[C@@H](O)Cn2cnc3c2c(=O)n(C)c(=O)n3C)CC1. The Bertz CT molecular complexity index is 1190. The van der Waals surface area contributed by atoms with Crippen molar-refractivity contribution in [1.82, 2.24) is 23.6 Å². The van der Waals surface area contributed by atoms with Gasteiger partial charge in [-0.25, -0.2) is 9.78 Å². The van der Waals surface area contributed by atoms with Crippen LogP contribution in [0.15, 0.2) is 40.2 Å². The maximum absolute atomic E-state index is 12.6. The van der Waals surface area contributed by atoms with Gasteiger partial charge in [-0.3, -0.25) is 18.8 Å². The highest BCUT2D eigenvalue weighted by atomic mass is 16.5. The molecule has 0 amide bonds. The first-order valence-corrected chi connectivity index (χ1v) is 10.3. The number of piperazine rings is 1. The van der Waals surface area contributed by atoms with Gasteiger partial charge in [0.05, 0.1) is 31.8 Å². The standard InChI is InChI=1S/C21H28N6O4/c1-23-19-18(20(29)24(2)21(23)30)27(14-22-19)13-15(28)12-25-8-10-26(11-9-25)16-6-4-5-7-17(16)31-3/h4-7,14-15,28H,8-13H2,1-3H3/t15-/m1/s1. The van der Waals surface area contributed by atoms with Gasteiger partial charge in [0.1, 0.15) is 5.75 Å². The zero-order valence-corrected chi connectivity index (χ0v) is 18.1. The third kappa shape index (κ3) is 3.96. The molecule has 166 valence electrons. The molecule has 1 aromatic carbocycles. The summed E-state index contributed by atoms with van der Waals surface area (Å²) in [6, 6.07) is 7.98. The van der Waals surface area contributed by atoms with E-state index in [0.717, 1.165) is 42.2 Å². The number of hydrogen-bond acceptors (Lipinski definition) is 7. The van der Waals surface area contributed by atoms with E-state index in [1.807, 2.05) is 18.2 Å². The molecule has 1 saturated heterocycles. The molecule has 10 nitrogen and oxygen atoms in total. The lowest BCUT2D eigenvalue weighted by atomic mass is 10.2. The zero-order chi connectivity index (χ0) is 22.1. The number of fused-ring (bicyclic) bond motifs is 1. The fourth-order valence-corrected chi connectivity index (χ4v) is 4.18. The maximum Gasteiger partial charge on any atom is 0.332 e. The van der Waals surface area contributed by atoms with Gasteiger partial charge in [0.2, 0.25) is 0 Å². The van der Waals surface area contributed by atoms with Gasteiger partial charge in [0, 0.05) is 46.8 Å². The lowest BCUT2D eigenvalue weighted by Gasteiger charge is -2.37. The Morgan fingerprint density at radius 2 is 1.77 bits per heavy atom. The van der Waals surface area contributed by atoms with Crippen molar-refractivity contribution in [3.8, 4) is 5.75 Å². The van der Waals surface area contributed by atoms with E-state index in [2.05, 4.69) is 20.9 Å². The Labute approximate surface area is 179 Å². The van der Waals surface area contributed by atoms with Crippen molar-refractivity contribution in [2.24, 2.45) is 14.1 Å². The molecule has 1 N–H and O–H groups in total. The largest absolute Gasteiger partial charge is 0.495 e. The lowest BCUT2D eigenvalue weighted by molar-refractivity contribution is 0.0958. The molecule has 3 heterocycles. The number of aliphatic hydroxyl groups is 1. The van der Waals surface area contributed by atoms with Crippen LogP contribution in [0.2, 0.25) is 0 Å². The van der Waals surface area contributed by atoms with Crippen LogP contribution < -0.4 is 20.9 Å². The van der Waals surface area contributed by atoms with Crippen molar-refractivity contribution >= 4 is 16.9 Å². The molecule has 10 heteroatoms. The Kier molecular flexibility index (Phi) is 5.84. The van der Waals surface area contributed by atoms with Crippen molar-refractivity contribution in [3.05, 3.63) is 51.4 Å². The molecule has 0 saturated carbocycles. The van der Waals surface area contributed by atoms with E-state index in [1.165, 1.54) is 17.9 Å². The number of β-amino-alcohol motifs (C(OH)–C–C–N with tert-alkyl or cyclic N) is 1. The molecular formula is C21H28N6O4. The predicted molar refractivity (Wildman–Crippen MR) is 118 cm³/mol. The van der Waals surface area contributed by atoms with Gasteiger partial charge >= 0.3 is 5.69 Å². The van der Waals surface area contributed by atoms with Crippen molar-refractivity contribution < 1.29 is 9.84 Å². The minimum atomic E-state index is -0.669. The van der Waals surface area contributed by atoms with Gasteiger partial charge in [0.25, 0.3) is 5.56 Å². The second-order valence-electron chi connectivity index (χ2n) is 7.89. The average molecular weight is 428 g/mol. The fourth-order valence-electron chi connectivity index (χ4n) is 4.18. The van der Waals surface area contributed by atoms with Crippen LogP contribution in [0.25, 0.3) is 11.2 Å². The quantitative estimate of drug-likeness (QED) is 0.572. The third-order valence-corrected chi connectivity index (χ3v) is 5.89. The highest BCUT2D eigenvalue weighted by Gasteiger charge is 2.22. The summed E-state index contributed by atoms with van der Waals surface area (Å²) in [5, 5.41) is 10.7. The van der Waals surface area contributed by atoms with Crippen LogP contribution in [0.4, 0.5) is 5.69 Å². The lowest BCUT2D eigenvalue weighted by Crippen LogP contribution is -2.49. The molecule has 0 radical (unpaired) electrons. The Balaban J connectivity index is 1.41. The molecule has 4 rings (SSSR count). The summed E-state index contributed by atoms with van der Waals surface area (Å²) in [4.78, 5) is 33.3. The highest BCUT2D eigenvalue weighted by molar-refractivity contribution is 5.69. The number of aryl methyl sites for hydroxylation is 1. The molecule has 0 spiro atoms. The van der Waals surface area contributed by atoms with E-state index in [9.17, 15) is 14.7 Å². The van der Waals surface area contributed by atoms with Gasteiger partial charge in [0.15, 0.2) is 11.2 Å². The summed E-state index contributed by atoms with van der Waals surface area (Å²) in [5.41, 5.74) is 0.899. The van der Waals surface area contributed by atoms with Crippen LogP contribution in [-0.2, 0) is 20.6 Å². The highest BCUT2D eigenvalue weighted by Crippen LogP contribution is 2.28. The first-order chi connectivity index (χ1) is 14.9. The van der Waals surface area contributed by atoms with Crippen LogP contribution in [0, 0.1) is 0 Å². The predicted octanol–water partition coefficient (Wildman–Crippen LogP) is -0.375. The average Bonchev–Trinajstić information content (AvgIpc) is 3.20.